The van der Waals surface area contributed by atoms with E-state index in [0.717, 1.165) is 36.0 Å². The van der Waals surface area contributed by atoms with Crippen molar-refractivity contribution in [3.05, 3.63) is 29.7 Å². The Morgan fingerprint density at radius 2 is 2.04 bits per heavy atom. The van der Waals surface area contributed by atoms with Gasteiger partial charge in [0.15, 0.2) is 11.0 Å². The third-order valence-corrected chi connectivity index (χ3v) is 4.58. The number of hydrogen-bond acceptors (Lipinski definition) is 5. The third-order valence-electron chi connectivity index (χ3n) is 3.52. The van der Waals surface area contributed by atoms with Crippen LogP contribution in [0.4, 0.5) is 11.5 Å². The van der Waals surface area contributed by atoms with E-state index in [4.69, 9.17) is 0 Å². The van der Waals surface area contributed by atoms with Crippen molar-refractivity contribution in [3.8, 4) is 0 Å². The Morgan fingerprint density at radius 3 is 2.57 bits per heavy atom. The van der Waals surface area contributed by atoms with Crippen LogP contribution in [0.15, 0.2) is 23.2 Å². The average Bonchev–Trinajstić information content (AvgIpc) is 2.74. The Balaban J connectivity index is 2.00. The zero-order valence-corrected chi connectivity index (χ0v) is 15.1. The van der Waals surface area contributed by atoms with Crippen molar-refractivity contribution in [2.24, 2.45) is 7.05 Å². The van der Waals surface area contributed by atoms with E-state index in [-0.39, 0.29) is 0 Å². The van der Waals surface area contributed by atoms with Crippen LogP contribution in [0.1, 0.15) is 11.4 Å². The van der Waals surface area contributed by atoms with Gasteiger partial charge in [-0.3, -0.25) is 9.40 Å². The van der Waals surface area contributed by atoms with Gasteiger partial charge in [-0.05, 0) is 40.1 Å². The number of nitrogens with one attached hydrogen (secondary N) is 2. The molecule has 126 valence electrons. The van der Waals surface area contributed by atoms with Gasteiger partial charge in [0.1, 0.15) is 5.82 Å². The summed E-state index contributed by atoms with van der Waals surface area (Å²) in [6.07, 6.45) is 1.63. The minimum Gasteiger partial charge on any atom is -0.369 e. The van der Waals surface area contributed by atoms with Crippen LogP contribution >= 0.6 is 0 Å². The zero-order chi connectivity index (χ0) is 17.0. The van der Waals surface area contributed by atoms with Crippen LogP contribution in [0.5, 0.6) is 0 Å². The normalized spacial score (nSPS) is 12.4. The van der Waals surface area contributed by atoms with E-state index in [1.165, 1.54) is 0 Å². The SMILES string of the molecule is Cc1nn(C)c(C)c1NS(=O)c1ccc(NCCN(C)C)nc1. The second-order valence-electron chi connectivity index (χ2n) is 5.65. The minimum absolute atomic E-state index is 0.630. The molecule has 2 N–H and O–H groups in total. The molecule has 0 bridgehead atoms. The fourth-order valence-electron chi connectivity index (χ4n) is 2.08. The second-order valence-corrected chi connectivity index (χ2v) is 6.86. The van der Waals surface area contributed by atoms with Gasteiger partial charge in [-0.1, -0.05) is 0 Å². The van der Waals surface area contributed by atoms with E-state index in [0.29, 0.717) is 4.90 Å². The molecule has 8 heteroatoms. The van der Waals surface area contributed by atoms with Gasteiger partial charge >= 0.3 is 0 Å². The van der Waals surface area contributed by atoms with Crippen LogP contribution in [0.25, 0.3) is 0 Å². The van der Waals surface area contributed by atoms with Crippen LogP contribution in [0, 0.1) is 13.8 Å². The van der Waals surface area contributed by atoms with Gasteiger partial charge in [-0.25, -0.2) is 9.19 Å². The van der Waals surface area contributed by atoms with E-state index in [2.05, 4.69) is 25.0 Å². The zero-order valence-electron chi connectivity index (χ0n) is 14.3. The first-order valence-corrected chi connectivity index (χ1v) is 8.56. The van der Waals surface area contributed by atoms with Gasteiger partial charge in [-0.2, -0.15) is 5.10 Å². The highest BCUT2D eigenvalue weighted by molar-refractivity contribution is 7.86. The van der Waals surface area contributed by atoms with Crippen LogP contribution in [-0.4, -0.2) is 51.1 Å². The number of aryl methyl sites for hydroxylation is 2. The van der Waals surface area contributed by atoms with Crippen LogP contribution in [0.3, 0.4) is 0 Å². The van der Waals surface area contributed by atoms with Crippen molar-refractivity contribution < 1.29 is 4.21 Å². The Bertz CT molecular complexity index is 680. The maximum atomic E-state index is 12.4. The molecule has 0 aliphatic carbocycles. The molecule has 1 unspecified atom stereocenters. The van der Waals surface area contributed by atoms with Crippen molar-refractivity contribution in [1.29, 1.82) is 0 Å². The number of likely N-dealkylation sites (N-methyl/N-ethyl adjacent to an activating group) is 1. The topological polar surface area (TPSA) is 75.1 Å². The molecule has 0 saturated heterocycles. The summed E-state index contributed by atoms with van der Waals surface area (Å²) in [7, 11) is 4.55. The highest BCUT2D eigenvalue weighted by atomic mass is 32.2. The maximum absolute atomic E-state index is 12.4. The van der Waals surface area contributed by atoms with Gasteiger partial charge in [0.05, 0.1) is 22.0 Å². The lowest BCUT2D eigenvalue weighted by atomic mass is 10.3. The fraction of sp³-hybridized carbons (Fsp3) is 0.467. The quantitative estimate of drug-likeness (QED) is 0.802. The van der Waals surface area contributed by atoms with Crippen LogP contribution in [0.2, 0.25) is 0 Å². The Kier molecular flexibility index (Phi) is 5.73. The summed E-state index contributed by atoms with van der Waals surface area (Å²) < 4.78 is 17.2. The van der Waals surface area contributed by atoms with Crippen molar-refractivity contribution in [1.82, 2.24) is 19.7 Å². The summed E-state index contributed by atoms with van der Waals surface area (Å²) in [5.74, 6) is 0.779. The molecule has 0 fully saturated rings. The molecule has 1 atom stereocenters. The van der Waals surface area contributed by atoms with Crippen LogP contribution in [-0.2, 0) is 18.0 Å². The standard InChI is InChI=1S/C15H24N6OS/c1-11-15(12(2)21(5)18-11)19-23(22)13-6-7-14(17-10-13)16-8-9-20(3)4/h6-7,10,19H,8-9H2,1-5H3,(H,16,17). The minimum atomic E-state index is -1.36. The van der Waals surface area contributed by atoms with Crippen LogP contribution < -0.4 is 10.0 Å². The Morgan fingerprint density at radius 1 is 1.30 bits per heavy atom. The molecule has 0 amide bonds. The van der Waals surface area contributed by atoms with E-state index in [9.17, 15) is 4.21 Å². The predicted octanol–water partition coefficient (Wildman–Crippen LogP) is 1.54. The maximum Gasteiger partial charge on any atom is 0.151 e. The summed E-state index contributed by atoms with van der Waals surface area (Å²) >= 11 is 0. The summed E-state index contributed by atoms with van der Waals surface area (Å²) in [6.45, 7) is 5.57. The molecule has 2 heterocycles. The third kappa shape index (κ3) is 4.52. The van der Waals surface area contributed by atoms with Gasteiger partial charge in [0, 0.05) is 26.3 Å². The second kappa shape index (κ2) is 7.56. The summed E-state index contributed by atoms with van der Waals surface area (Å²) in [4.78, 5) is 7.03. The summed E-state index contributed by atoms with van der Waals surface area (Å²) in [5, 5.41) is 7.54. The first-order chi connectivity index (χ1) is 10.9. The van der Waals surface area contributed by atoms with Crippen molar-refractivity contribution >= 4 is 22.5 Å². The fourth-order valence-corrected chi connectivity index (χ4v) is 3.01. The first-order valence-electron chi connectivity index (χ1n) is 7.41. The van der Waals surface area contributed by atoms with E-state index < -0.39 is 11.0 Å². The average molecular weight is 336 g/mol. The first kappa shape index (κ1) is 17.4. The van der Waals surface area contributed by atoms with Crippen molar-refractivity contribution in [3.63, 3.8) is 0 Å². The molecule has 0 aliphatic heterocycles. The molecule has 0 radical (unpaired) electrons. The lowest BCUT2D eigenvalue weighted by Crippen LogP contribution is -2.21. The highest BCUT2D eigenvalue weighted by Gasteiger charge is 2.13. The number of anilines is 2. The monoisotopic (exact) mass is 336 g/mol. The number of nitrogens with zero attached hydrogens (tertiary/aromatic N) is 4. The van der Waals surface area contributed by atoms with Gasteiger partial charge in [-0.15, -0.1) is 0 Å². The number of pyridine rings is 1. The molecule has 0 spiro atoms. The molecule has 7 nitrogen and oxygen atoms in total. The predicted molar refractivity (Wildman–Crippen MR) is 94.0 cm³/mol. The molecule has 23 heavy (non-hydrogen) atoms. The van der Waals surface area contributed by atoms with Crippen molar-refractivity contribution in [2.75, 3.05) is 37.2 Å². The van der Waals surface area contributed by atoms with Gasteiger partial charge < -0.3 is 10.2 Å². The van der Waals surface area contributed by atoms with Crippen molar-refractivity contribution in [2.45, 2.75) is 18.7 Å². The molecule has 0 aromatic carbocycles. The molecule has 0 aliphatic rings. The number of aromatic nitrogens is 3. The molecule has 2 aromatic heterocycles. The van der Waals surface area contributed by atoms with E-state index in [1.54, 1.807) is 10.9 Å². The van der Waals surface area contributed by atoms with Gasteiger partial charge in [0.25, 0.3) is 0 Å². The molecule has 2 rings (SSSR count). The number of hydrogen-bond donors (Lipinski definition) is 2. The number of rotatable bonds is 7. The molecule has 0 saturated carbocycles. The largest absolute Gasteiger partial charge is 0.369 e. The van der Waals surface area contributed by atoms with Gasteiger partial charge in [0.2, 0.25) is 0 Å². The smallest absolute Gasteiger partial charge is 0.151 e. The molecular formula is C15H24N6OS. The summed E-state index contributed by atoms with van der Waals surface area (Å²) in [6, 6.07) is 3.66. The molecular weight excluding hydrogens is 312 g/mol. The lowest BCUT2D eigenvalue weighted by molar-refractivity contribution is 0.425. The molecule has 2 aromatic rings. The lowest BCUT2D eigenvalue weighted by Gasteiger charge is -2.11. The van der Waals surface area contributed by atoms with E-state index in [1.807, 2.05) is 47.1 Å². The Labute approximate surface area is 139 Å². The highest BCUT2D eigenvalue weighted by Crippen LogP contribution is 2.21. The Hall–Kier alpha value is -1.93. The summed E-state index contributed by atoms with van der Waals surface area (Å²) in [5.41, 5.74) is 2.58. The van der Waals surface area contributed by atoms with E-state index >= 15 is 0 Å².